The Morgan fingerprint density at radius 1 is 1.30 bits per heavy atom. The number of nitrogens with zero attached hydrogens (tertiary/aromatic N) is 1. The summed E-state index contributed by atoms with van der Waals surface area (Å²) in [5, 5.41) is 4.51. The number of halogens is 2. The normalized spacial score (nSPS) is 25.9. The molecular formula is C15H22Cl2N2O. The topological polar surface area (TPSA) is 24.5 Å². The first-order chi connectivity index (χ1) is 9.26. The first kappa shape index (κ1) is 15.9. The van der Waals surface area contributed by atoms with Gasteiger partial charge in [0.1, 0.15) is 5.75 Å². The van der Waals surface area contributed by atoms with Crippen LogP contribution in [0.4, 0.5) is 0 Å². The van der Waals surface area contributed by atoms with Gasteiger partial charge in [0.25, 0.3) is 0 Å². The second-order valence-electron chi connectivity index (χ2n) is 5.58. The van der Waals surface area contributed by atoms with Crippen molar-refractivity contribution in [2.45, 2.75) is 37.9 Å². The first-order valence-corrected chi connectivity index (χ1v) is 7.44. The standard InChI is InChI=1S/C15H21ClN2O.ClH/c1-19-15-4-2-3-14(16)13(15)10-18-8-7-11-5-6-12(9-18)17-11;/h2-4,11-12,17H,5-10H2,1H3;1H. The van der Waals surface area contributed by atoms with Gasteiger partial charge in [-0.05, 0) is 31.4 Å². The molecule has 1 aromatic rings. The van der Waals surface area contributed by atoms with Crippen LogP contribution in [0.15, 0.2) is 18.2 Å². The third kappa shape index (κ3) is 3.40. The fourth-order valence-electron chi connectivity index (χ4n) is 3.27. The molecule has 2 bridgehead atoms. The Labute approximate surface area is 132 Å². The molecule has 2 aliphatic heterocycles. The van der Waals surface area contributed by atoms with Crippen molar-refractivity contribution in [3.8, 4) is 5.75 Å². The molecule has 2 atom stereocenters. The molecule has 5 heteroatoms. The fraction of sp³-hybridized carbons (Fsp3) is 0.600. The number of fused-ring (bicyclic) bond motifs is 2. The molecule has 0 amide bonds. The number of methoxy groups -OCH3 is 1. The lowest BCUT2D eigenvalue weighted by Crippen LogP contribution is -2.35. The Morgan fingerprint density at radius 2 is 2.10 bits per heavy atom. The summed E-state index contributed by atoms with van der Waals surface area (Å²) in [6, 6.07) is 7.26. The van der Waals surface area contributed by atoms with Gasteiger partial charge in [-0.25, -0.2) is 0 Å². The monoisotopic (exact) mass is 316 g/mol. The van der Waals surface area contributed by atoms with E-state index in [1.807, 2.05) is 18.2 Å². The second-order valence-corrected chi connectivity index (χ2v) is 5.99. The van der Waals surface area contributed by atoms with Gasteiger partial charge in [-0.2, -0.15) is 0 Å². The van der Waals surface area contributed by atoms with Crippen LogP contribution in [0.25, 0.3) is 0 Å². The highest BCUT2D eigenvalue weighted by Crippen LogP contribution is 2.29. The van der Waals surface area contributed by atoms with Crippen LogP contribution in [-0.2, 0) is 6.54 Å². The van der Waals surface area contributed by atoms with Gasteiger partial charge in [0, 0.05) is 42.3 Å². The van der Waals surface area contributed by atoms with Gasteiger partial charge in [-0.3, -0.25) is 4.90 Å². The van der Waals surface area contributed by atoms with Crippen LogP contribution in [-0.4, -0.2) is 37.2 Å². The van der Waals surface area contributed by atoms with Gasteiger partial charge in [-0.15, -0.1) is 12.4 Å². The summed E-state index contributed by atoms with van der Waals surface area (Å²) in [5.74, 6) is 0.898. The smallest absolute Gasteiger partial charge is 0.124 e. The molecule has 2 unspecified atom stereocenters. The minimum atomic E-state index is 0. The fourth-order valence-corrected chi connectivity index (χ4v) is 3.49. The first-order valence-electron chi connectivity index (χ1n) is 7.06. The highest BCUT2D eigenvalue weighted by Gasteiger charge is 2.29. The molecule has 0 aliphatic carbocycles. The van der Waals surface area contributed by atoms with Crippen molar-refractivity contribution in [1.29, 1.82) is 0 Å². The van der Waals surface area contributed by atoms with Crippen molar-refractivity contribution in [2.75, 3.05) is 20.2 Å². The number of rotatable bonds is 3. The van der Waals surface area contributed by atoms with Gasteiger partial charge in [0.05, 0.1) is 7.11 Å². The number of hydrogen-bond acceptors (Lipinski definition) is 3. The van der Waals surface area contributed by atoms with E-state index < -0.39 is 0 Å². The maximum absolute atomic E-state index is 6.32. The van der Waals surface area contributed by atoms with E-state index in [0.717, 1.165) is 42.0 Å². The van der Waals surface area contributed by atoms with E-state index in [2.05, 4.69) is 10.2 Å². The predicted octanol–water partition coefficient (Wildman–Crippen LogP) is 3.10. The summed E-state index contributed by atoms with van der Waals surface area (Å²) in [7, 11) is 1.71. The highest BCUT2D eigenvalue weighted by molar-refractivity contribution is 6.31. The van der Waals surface area contributed by atoms with E-state index in [0.29, 0.717) is 6.04 Å². The van der Waals surface area contributed by atoms with Crippen LogP contribution in [0.2, 0.25) is 5.02 Å². The van der Waals surface area contributed by atoms with Crippen molar-refractivity contribution >= 4 is 24.0 Å². The van der Waals surface area contributed by atoms with E-state index >= 15 is 0 Å². The van der Waals surface area contributed by atoms with Crippen molar-refractivity contribution in [3.05, 3.63) is 28.8 Å². The molecule has 112 valence electrons. The Bertz CT molecular complexity index is 455. The van der Waals surface area contributed by atoms with Crippen molar-refractivity contribution in [3.63, 3.8) is 0 Å². The molecule has 1 N–H and O–H groups in total. The number of likely N-dealkylation sites (tertiary alicyclic amines) is 1. The second kappa shape index (κ2) is 6.99. The van der Waals surface area contributed by atoms with Gasteiger partial charge < -0.3 is 10.1 Å². The Hall–Kier alpha value is -0.480. The quantitative estimate of drug-likeness (QED) is 0.927. The van der Waals surface area contributed by atoms with E-state index in [-0.39, 0.29) is 12.4 Å². The molecule has 0 saturated carbocycles. The zero-order chi connectivity index (χ0) is 13.2. The van der Waals surface area contributed by atoms with Crippen LogP contribution in [0, 0.1) is 0 Å². The minimum absolute atomic E-state index is 0. The number of nitrogens with one attached hydrogen (secondary N) is 1. The number of benzene rings is 1. The summed E-state index contributed by atoms with van der Waals surface area (Å²) >= 11 is 6.32. The summed E-state index contributed by atoms with van der Waals surface area (Å²) in [5.41, 5.74) is 1.12. The lowest BCUT2D eigenvalue weighted by Gasteiger charge is -2.25. The van der Waals surface area contributed by atoms with Gasteiger partial charge in [0.15, 0.2) is 0 Å². The average molecular weight is 317 g/mol. The van der Waals surface area contributed by atoms with Crippen LogP contribution in [0.5, 0.6) is 5.75 Å². The van der Waals surface area contributed by atoms with Crippen LogP contribution >= 0.6 is 24.0 Å². The zero-order valence-electron chi connectivity index (χ0n) is 11.8. The molecule has 3 nitrogen and oxygen atoms in total. The molecule has 2 aliphatic rings. The Morgan fingerprint density at radius 3 is 2.90 bits per heavy atom. The van der Waals surface area contributed by atoms with Crippen molar-refractivity contribution in [2.24, 2.45) is 0 Å². The summed E-state index contributed by atoms with van der Waals surface area (Å²) in [6.07, 6.45) is 3.89. The molecule has 20 heavy (non-hydrogen) atoms. The number of ether oxygens (including phenoxy) is 1. The van der Waals surface area contributed by atoms with Crippen molar-refractivity contribution in [1.82, 2.24) is 10.2 Å². The Kier molecular flexibility index (Phi) is 5.56. The molecule has 0 aromatic heterocycles. The zero-order valence-corrected chi connectivity index (χ0v) is 13.3. The van der Waals surface area contributed by atoms with Crippen molar-refractivity contribution < 1.29 is 4.74 Å². The van der Waals surface area contributed by atoms with E-state index in [9.17, 15) is 0 Å². The molecule has 3 rings (SSSR count). The summed E-state index contributed by atoms with van der Waals surface area (Å²) in [6.45, 7) is 3.14. The van der Waals surface area contributed by atoms with Gasteiger partial charge >= 0.3 is 0 Å². The third-order valence-electron chi connectivity index (χ3n) is 4.28. The molecule has 2 saturated heterocycles. The molecular weight excluding hydrogens is 295 g/mol. The van der Waals surface area contributed by atoms with E-state index in [4.69, 9.17) is 16.3 Å². The van der Waals surface area contributed by atoms with Gasteiger partial charge in [0.2, 0.25) is 0 Å². The maximum atomic E-state index is 6.32. The SMILES string of the molecule is COc1cccc(Cl)c1CN1CCC2CCC(C1)N2.Cl. The van der Waals surface area contributed by atoms with E-state index in [1.54, 1.807) is 7.11 Å². The summed E-state index contributed by atoms with van der Waals surface area (Å²) < 4.78 is 5.43. The molecule has 2 fully saturated rings. The Balaban J connectivity index is 0.00000147. The van der Waals surface area contributed by atoms with E-state index in [1.165, 1.54) is 19.3 Å². The predicted molar refractivity (Wildman–Crippen MR) is 85.1 cm³/mol. The lowest BCUT2D eigenvalue weighted by atomic mass is 10.1. The molecule has 1 aromatic carbocycles. The van der Waals surface area contributed by atoms with Crippen LogP contribution < -0.4 is 10.1 Å². The van der Waals surface area contributed by atoms with Gasteiger partial charge in [-0.1, -0.05) is 17.7 Å². The highest BCUT2D eigenvalue weighted by atomic mass is 35.5. The maximum Gasteiger partial charge on any atom is 0.124 e. The lowest BCUT2D eigenvalue weighted by molar-refractivity contribution is 0.247. The van der Waals surface area contributed by atoms with Crippen LogP contribution in [0.3, 0.4) is 0 Å². The molecule has 0 radical (unpaired) electrons. The van der Waals surface area contributed by atoms with Crippen LogP contribution in [0.1, 0.15) is 24.8 Å². The number of hydrogen-bond donors (Lipinski definition) is 1. The average Bonchev–Trinajstić information content (AvgIpc) is 2.74. The molecule has 0 spiro atoms. The third-order valence-corrected chi connectivity index (χ3v) is 4.64. The largest absolute Gasteiger partial charge is 0.496 e. The molecule has 2 heterocycles. The minimum Gasteiger partial charge on any atom is -0.496 e. The summed E-state index contributed by atoms with van der Waals surface area (Å²) in [4.78, 5) is 2.50.